The van der Waals surface area contributed by atoms with Crippen LogP contribution in [0.1, 0.15) is 18.5 Å². The summed E-state index contributed by atoms with van der Waals surface area (Å²) in [5.74, 6) is 0.929. The second kappa shape index (κ2) is 6.59. The highest BCUT2D eigenvalue weighted by Gasteiger charge is 2.21. The van der Waals surface area contributed by atoms with E-state index in [2.05, 4.69) is 30.0 Å². The number of H-pyrrole nitrogens is 2. The molecule has 3 aromatic heterocycles. The number of hydrogen-bond acceptors (Lipinski definition) is 7. The van der Waals surface area contributed by atoms with Crippen LogP contribution < -0.4 is 21.3 Å². The third-order valence-electron chi connectivity index (χ3n) is 4.59. The number of hydrogen-bond donors (Lipinski definition) is 3. The quantitative estimate of drug-likeness (QED) is 0.453. The van der Waals surface area contributed by atoms with Gasteiger partial charge in [0.2, 0.25) is 11.5 Å². The van der Waals surface area contributed by atoms with Crippen LogP contribution in [0.5, 0.6) is 11.6 Å². The summed E-state index contributed by atoms with van der Waals surface area (Å²) < 4.78 is 6.87. The molecule has 29 heavy (non-hydrogen) atoms. The predicted molar refractivity (Wildman–Crippen MR) is 103 cm³/mol. The van der Waals surface area contributed by atoms with Crippen molar-refractivity contribution in [2.24, 2.45) is 4.99 Å². The Kier molecular flexibility index (Phi) is 3.90. The van der Waals surface area contributed by atoms with Gasteiger partial charge in [-0.25, -0.2) is 14.8 Å². The molecule has 146 valence electrons. The molecular formula is C19H17N7O3. The van der Waals surface area contributed by atoms with Gasteiger partial charge in [-0.3, -0.25) is 4.98 Å². The highest BCUT2D eigenvalue weighted by molar-refractivity contribution is 5.61. The zero-order valence-electron chi connectivity index (χ0n) is 15.5. The third kappa shape index (κ3) is 3.24. The number of nitrogens with one attached hydrogen (secondary N) is 2. The molecule has 10 nitrogen and oxygen atoms in total. The van der Waals surface area contributed by atoms with Gasteiger partial charge in [0, 0.05) is 10.8 Å². The molecule has 1 aromatic carbocycles. The monoisotopic (exact) mass is 391 g/mol. The Bertz CT molecular complexity index is 1400. The number of aromatic nitrogens is 6. The first-order chi connectivity index (χ1) is 14.1. The van der Waals surface area contributed by atoms with E-state index in [9.17, 15) is 9.90 Å². The summed E-state index contributed by atoms with van der Waals surface area (Å²) in [7, 11) is 1.60. The van der Waals surface area contributed by atoms with Gasteiger partial charge in [0.05, 0.1) is 19.3 Å². The van der Waals surface area contributed by atoms with Crippen molar-refractivity contribution in [3.05, 3.63) is 57.5 Å². The Morgan fingerprint density at radius 2 is 2.17 bits per heavy atom. The molecule has 0 bridgehead atoms. The first-order valence-electron chi connectivity index (χ1n) is 9.08. The fourth-order valence-corrected chi connectivity index (χ4v) is 2.97. The maximum atomic E-state index is 11.4. The van der Waals surface area contributed by atoms with Crippen molar-refractivity contribution in [2.45, 2.75) is 18.9 Å². The lowest BCUT2D eigenvalue weighted by molar-refractivity contribution is 0.415. The summed E-state index contributed by atoms with van der Waals surface area (Å²) in [5, 5.41) is 14.8. The predicted octanol–water partition coefficient (Wildman–Crippen LogP) is 0.133. The number of aromatic amines is 2. The lowest BCUT2D eigenvalue weighted by atomic mass is 10.2. The molecule has 5 rings (SSSR count). The number of aromatic hydroxyl groups is 1. The minimum Gasteiger partial charge on any atom is -0.497 e. The smallest absolute Gasteiger partial charge is 0.326 e. The Morgan fingerprint density at radius 1 is 1.31 bits per heavy atom. The van der Waals surface area contributed by atoms with Crippen LogP contribution in [0, 0.1) is 0 Å². The zero-order chi connectivity index (χ0) is 20.0. The van der Waals surface area contributed by atoms with Gasteiger partial charge in [0.1, 0.15) is 11.4 Å². The summed E-state index contributed by atoms with van der Waals surface area (Å²) in [4.78, 5) is 30.2. The molecule has 0 saturated heterocycles. The molecule has 1 fully saturated rings. The van der Waals surface area contributed by atoms with Crippen LogP contribution in [0.25, 0.3) is 23.1 Å². The molecule has 1 aliphatic carbocycles. The van der Waals surface area contributed by atoms with Gasteiger partial charge in [-0.15, -0.1) is 0 Å². The standard InChI is InChI=1S/C19H17N7O3/c1-29-13-4-2-3-10(7-13)15-23-16-11(8-14-17(27)25-19(28)22-14)9-20-26(16)18(24-15)21-12-5-6-12/h2-4,7-9,12,27H,5-6H2,1H3,(H2,22,25,28). The summed E-state index contributed by atoms with van der Waals surface area (Å²) in [5.41, 5.74) is 1.50. The molecule has 0 unspecified atom stereocenters. The SMILES string of the molecule is COc1cccc(-c2nc(=NC3CC3)n3ncc(=Cc4[nH]c(=O)[nH]c4O)c3n2)c1. The molecule has 0 radical (unpaired) electrons. The molecule has 3 N–H and O–H groups in total. The van der Waals surface area contributed by atoms with Crippen LogP contribution in [-0.2, 0) is 0 Å². The van der Waals surface area contributed by atoms with Gasteiger partial charge in [-0.1, -0.05) is 12.1 Å². The van der Waals surface area contributed by atoms with Gasteiger partial charge in [-0.05, 0) is 31.1 Å². The van der Waals surface area contributed by atoms with E-state index in [1.807, 2.05) is 24.3 Å². The van der Waals surface area contributed by atoms with Crippen LogP contribution in [0.3, 0.4) is 0 Å². The number of fused-ring (bicyclic) bond motifs is 1. The van der Waals surface area contributed by atoms with E-state index in [0.29, 0.717) is 28.1 Å². The van der Waals surface area contributed by atoms with E-state index in [1.165, 1.54) is 0 Å². The van der Waals surface area contributed by atoms with Crippen molar-refractivity contribution < 1.29 is 9.84 Å². The average molecular weight is 391 g/mol. The number of benzene rings is 1. The molecule has 4 aromatic rings. The van der Waals surface area contributed by atoms with Crippen molar-refractivity contribution in [2.75, 3.05) is 7.11 Å². The van der Waals surface area contributed by atoms with Crippen molar-refractivity contribution in [3.8, 4) is 23.0 Å². The number of rotatable bonds is 4. The van der Waals surface area contributed by atoms with E-state index >= 15 is 0 Å². The molecule has 0 amide bonds. The second-order valence-corrected chi connectivity index (χ2v) is 6.76. The van der Waals surface area contributed by atoms with Gasteiger partial charge >= 0.3 is 5.69 Å². The van der Waals surface area contributed by atoms with Crippen molar-refractivity contribution in [1.82, 2.24) is 29.5 Å². The topological polar surface area (TPSA) is 134 Å². The van der Waals surface area contributed by atoms with Crippen molar-refractivity contribution >= 4 is 11.7 Å². The fourth-order valence-electron chi connectivity index (χ4n) is 2.97. The van der Waals surface area contributed by atoms with Crippen LogP contribution >= 0.6 is 0 Å². The van der Waals surface area contributed by atoms with Crippen molar-refractivity contribution in [3.63, 3.8) is 0 Å². The van der Waals surface area contributed by atoms with Crippen LogP contribution in [0.15, 0.2) is 40.2 Å². The highest BCUT2D eigenvalue weighted by atomic mass is 16.5. The largest absolute Gasteiger partial charge is 0.497 e. The van der Waals surface area contributed by atoms with Crippen LogP contribution in [0.2, 0.25) is 0 Å². The maximum Gasteiger partial charge on any atom is 0.326 e. The Morgan fingerprint density at radius 3 is 2.90 bits per heavy atom. The lowest BCUT2D eigenvalue weighted by Gasteiger charge is -2.04. The summed E-state index contributed by atoms with van der Waals surface area (Å²) in [6, 6.07) is 7.70. The fraction of sp³-hybridized carbons (Fsp3) is 0.211. The zero-order valence-corrected chi connectivity index (χ0v) is 15.5. The second-order valence-electron chi connectivity index (χ2n) is 6.76. The molecular weight excluding hydrogens is 374 g/mol. The number of ether oxygens (including phenoxy) is 1. The van der Waals surface area contributed by atoms with E-state index in [0.717, 1.165) is 18.4 Å². The van der Waals surface area contributed by atoms with E-state index < -0.39 is 5.69 Å². The van der Waals surface area contributed by atoms with Crippen LogP contribution in [-0.4, -0.2) is 47.8 Å². The van der Waals surface area contributed by atoms with Gasteiger partial charge in [0.25, 0.3) is 0 Å². The number of imidazole rings is 1. The summed E-state index contributed by atoms with van der Waals surface area (Å²) >= 11 is 0. The molecule has 0 aliphatic heterocycles. The molecule has 1 saturated carbocycles. The molecule has 10 heteroatoms. The third-order valence-corrected chi connectivity index (χ3v) is 4.59. The van der Waals surface area contributed by atoms with Gasteiger partial charge in [-0.2, -0.15) is 14.6 Å². The van der Waals surface area contributed by atoms with Gasteiger partial charge in [0.15, 0.2) is 11.5 Å². The molecule has 3 heterocycles. The summed E-state index contributed by atoms with van der Waals surface area (Å²) in [6.45, 7) is 0. The van der Waals surface area contributed by atoms with Crippen molar-refractivity contribution in [1.29, 1.82) is 0 Å². The Labute approximate surface area is 163 Å². The van der Waals surface area contributed by atoms with E-state index in [1.54, 1.807) is 23.9 Å². The minimum absolute atomic E-state index is 0.243. The minimum atomic E-state index is -0.499. The van der Waals surface area contributed by atoms with Gasteiger partial charge < -0.3 is 14.8 Å². The highest BCUT2D eigenvalue weighted by Crippen LogP contribution is 2.23. The first-order valence-corrected chi connectivity index (χ1v) is 9.08. The number of nitrogens with zero attached hydrogens (tertiary/aromatic N) is 5. The molecule has 1 aliphatic rings. The number of methoxy groups -OCH3 is 1. The van der Waals surface area contributed by atoms with E-state index in [-0.39, 0.29) is 17.6 Å². The normalized spacial score (nSPS) is 15.3. The molecule has 0 spiro atoms. The van der Waals surface area contributed by atoms with E-state index in [4.69, 9.17) is 4.74 Å². The lowest BCUT2D eigenvalue weighted by Crippen LogP contribution is -2.23. The summed E-state index contributed by atoms with van der Waals surface area (Å²) in [6.07, 6.45) is 5.24. The first kappa shape index (κ1) is 17.2. The Hall–Kier alpha value is -3.95. The molecule has 0 atom stereocenters. The average Bonchev–Trinajstić information content (AvgIpc) is 3.36. The van der Waals surface area contributed by atoms with Crippen LogP contribution in [0.4, 0.5) is 0 Å². The maximum absolute atomic E-state index is 11.4. The Balaban J connectivity index is 1.77.